The summed E-state index contributed by atoms with van der Waals surface area (Å²) in [7, 11) is 1.70. The number of para-hydroxylation sites is 1. The van der Waals surface area contributed by atoms with Gasteiger partial charge < -0.3 is 9.64 Å². The average molecular weight is 294 g/mol. The van der Waals surface area contributed by atoms with Gasteiger partial charge in [-0.3, -0.25) is 4.79 Å². The maximum absolute atomic E-state index is 12.1. The van der Waals surface area contributed by atoms with E-state index in [1.165, 1.54) is 0 Å². The Labute approximate surface area is 130 Å². The summed E-state index contributed by atoms with van der Waals surface area (Å²) < 4.78 is 5.66. The summed E-state index contributed by atoms with van der Waals surface area (Å²) >= 11 is 0. The quantitative estimate of drug-likeness (QED) is 0.821. The van der Waals surface area contributed by atoms with Crippen molar-refractivity contribution in [3.05, 3.63) is 65.7 Å². The second kappa shape index (κ2) is 7.84. The van der Waals surface area contributed by atoms with E-state index in [4.69, 9.17) is 10.00 Å². The normalized spacial score (nSPS) is 9.82. The highest BCUT2D eigenvalue weighted by Crippen LogP contribution is 2.13. The Morgan fingerprint density at radius 1 is 1.14 bits per heavy atom. The molecule has 4 nitrogen and oxygen atoms in total. The fourth-order valence-corrected chi connectivity index (χ4v) is 1.97. The molecule has 0 aliphatic heterocycles. The Morgan fingerprint density at radius 2 is 1.82 bits per heavy atom. The number of nitrogens with zero attached hydrogens (tertiary/aromatic N) is 2. The summed E-state index contributed by atoms with van der Waals surface area (Å²) in [4.78, 5) is 13.7. The first-order valence-electron chi connectivity index (χ1n) is 7.10. The van der Waals surface area contributed by atoms with Gasteiger partial charge in [-0.05, 0) is 29.8 Å². The highest BCUT2D eigenvalue weighted by atomic mass is 16.5. The zero-order valence-corrected chi connectivity index (χ0v) is 12.5. The van der Waals surface area contributed by atoms with Crippen LogP contribution in [0.3, 0.4) is 0 Å². The molecule has 22 heavy (non-hydrogen) atoms. The molecule has 0 fully saturated rings. The van der Waals surface area contributed by atoms with Gasteiger partial charge in [0, 0.05) is 19.2 Å². The molecule has 0 bridgehead atoms. The third kappa shape index (κ3) is 4.35. The van der Waals surface area contributed by atoms with Crippen molar-refractivity contribution in [1.29, 1.82) is 5.26 Å². The number of hydrogen-bond donors (Lipinski definition) is 0. The molecule has 0 heterocycles. The minimum Gasteiger partial charge on any atom is -0.489 e. The Balaban J connectivity index is 1.92. The Bertz CT molecular complexity index is 645. The predicted molar refractivity (Wildman–Crippen MR) is 84.4 cm³/mol. The van der Waals surface area contributed by atoms with Crippen LogP contribution in [-0.2, 0) is 6.61 Å². The van der Waals surface area contributed by atoms with Crippen LogP contribution in [0.15, 0.2) is 54.6 Å². The lowest BCUT2D eigenvalue weighted by molar-refractivity contribution is 0.0798. The number of hydrogen-bond acceptors (Lipinski definition) is 3. The molecule has 112 valence electrons. The predicted octanol–water partition coefficient (Wildman–Crippen LogP) is 3.25. The summed E-state index contributed by atoms with van der Waals surface area (Å²) in [6.45, 7) is 0.900. The van der Waals surface area contributed by atoms with E-state index in [1.807, 2.05) is 48.5 Å². The number of nitriles is 1. The molecular formula is C18H18N2O2. The van der Waals surface area contributed by atoms with E-state index in [1.54, 1.807) is 24.1 Å². The molecule has 0 atom stereocenters. The van der Waals surface area contributed by atoms with Crippen LogP contribution in [0.1, 0.15) is 22.3 Å². The first-order valence-corrected chi connectivity index (χ1v) is 7.10. The Morgan fingerprint density at radius 3 is 2.45 bits per heavy atom. The monoisotopic (exact) mass is 294 g/mol. The lowest BCUT2D eigenvalue weighted by atomic mass is 10.1. The lowest BCUT2D eigenvalue weighted by Crippen LogP contribution is -2.27. The molecule has 0 aromatic heterocycles. The minimum absolute atomic E-state index is 0.0780. The van der Waals surface area contributed by atoms with Gasteiger partial charge in [0.2, 0.25) is 0 Å². The van der Waals surface area contributed by atoms with Crippen LogP contribution in [0.4, 0.5) is 0 Å². The summed E-state index contributed by atoms with van der Waals surface area (Å²) in [6.07, 6.45) is 0.339. The first-order chi connectivity index (χ1) is 10.7. The second-order valence-corrected chi connectivity index (χ2v) is 4.93. The lowest BCUT2D eigenvalue weighted by Gasteiger charge is -2.15. The minimum atomic E-state index is -0.0780. The van der Waals surface area contributed by atoms with Gasteiger partial charge in [0.05, 0.1) is 12.5 Å². The van der Waals surface area contributed by atoms with Crippen LogP contribution in [0.5, 0.6) is 5.75 Å². The summed E-state index contributed by atoms with van der Waals surface area (Å²) in [5.41, 5.74) is 1.61. The van der Waals surface area contributed by atoms with Crippen molar-refractivity contribution in [3.8, 4) is 11.8 Å². The maximum Gasteiger partial charge on any atom is 0.253 e. The summed E-state index contributed by atoms with van der Waals surface area (Å²) in [5, 5.41) is 8.56. The van der Waals surface area contributed by atoms with E-state index in [-0.39, 0.29) is 5.91 Å². The third-order valence-corrected chi connectivity index (χ3v) is 3.26. The van der Waals surface area contributed by atoms with Crippen molar-refractivity contribution >= 4 is 5.91 Å². The molecule has 0 spiro atoms. The van der Waals surface area contributed by atoms with Gasteiger partial charge in [-0.15, -0.1) is 0 Å². The highest BCUT2D eigenvalue weighted by molar-refractivity contribution is 5.94. The number of ether oxygens (including phenoxy) is 1. The molecule has 2 rings (SSSR count). The van der Waals surface area contributed by atoms with Crippen molar-refractivity contribution in [2.45, 2.75) is 13.0 Å². The largest absolute Gasteiger partial charge is 0.489 e. The van der Waals surface area contributed by atoms with Crippen LogP contribution in [0.25, 0.3) is 0 Å². The van der Waals surface area contributed by atoms with Gasteiger partial charge in [0.1, 0.15) is 12.4 Å². The number of amides is 1. The van der Waals surface area contributed by atoms with Gasteiger partial charge in [-0.25, -0.2) is 0 Å². The molecule has 0 radical (unpaired) electrons. The van der Waals surface area contributed by atoms with Crippen molar-refractivity contribution < 1.29 is 9.53 Å². The zero-order valence-electron chi connectivity index (χ0n) is 12.5. The van der Waals surface area contributed by atoms with Gasteiger partial charge in [0.25, 0.3) is 5.91 Å². The topological polar surface area (TPSA) is 53.3 Å². The Kier molecular flexibility index (Phi) is 5.56. The fourth-order valence-electron chi connectivity index (χ4n) is 1.97. The third-order valence-electron chi connectivity index (χ3n) is 3.26. The highest BCUT2D eigenvalue weighted by Gasteiger charge is 2.10. The molecule has 0 saturated heterocycles. The molecule has 0 unspecified atom stereocenters. The van der Waals surface area contributed by atoms with Crippen LogP contribution in [0.2, 0.25) is 0 Å². The van der Waals surface area contributed by atoms with Crippen molar-refractivity contribution in [3.63, 3.8) is 0 Å². The number of benzene rings is 2. The molecular weight excluding hydrogens is 276 g/mol. The van der Waals surface area contributed by atoms with E-state index in [9.17, 15) is 4.79 Å². The molecule has 2 aromatic rings. The smallest absolute Gasteiger partial charge is 0.253 e. The second-order valence-electron chi connectivity index (χ2n) is 4.93. The number of carbonyl (C=O) groups is 1. The van der Waals surface area contributed by atoms with Crippen LogP contribution in [-0.4, -0.2) is 24.4 Å². The van der Waals surface area contributed by atoms with E-state index >= 15 is 0 Å². The molecule has 2 aromatic carbocycles. The summed E-state index contributed by atoms with van der Waals surface area (Å²) in [6, 6.07) is 19.0. The van der Waals surface area contributed by atoms with Gasteiger partial charge in [-0.2, -0.15) is 5.26 Å². The van der Waals surface area contributed by atoms with Crippen molar-refractivity contribution in [2.24, 2.45) is 0 Å². The van der Waals surface area contributed by atoms with Crippen molar-refractivity contribution in [1.82, 2.24) is 4.90 Å². The summed E-state index contributed by atoms with van der Waals surface area (Å²) in [5.74, 6) is 0.740. The SMILES string of the molecule is CN(CCC#N)C(=O)c1ccc(COc2ccccc2)cc1. The van der Waals surface area contributed by atoms with Crippen LogP contribution < -0.4 is 4.74 Å². The standard InChI is InChI=1S/C18H18N2O2/c1-20(13-5-12-19)18(21)16-10-8-15(9-11-16)14-22-17-6-3-2-4-7-17/h2-4,6-11H,5,13-14H2,1H3. The average Bonchev–Trinajstić information content (AvgIpc) is 2.58. The Hall–Kier alpha value is -2.80. The van der Waals surface area contributed by atoms with E-state index < -0.39 is 0 Å². The van der Waals surface area contributed by atoms with Crippen molar-refractivity contribution in [2.75, 3.05) is 13.6 Å². The van der Waals surface area contributed by atoms with Gasteiger partial charge >= 0.3 is 0 Å². The number of rotatable bonds is 6. The first kappa shape index (κ1) is 15.6. The fraction of sp³-hybridized carbons (Fsp3) is 0.222. The van der Waals surface area contributed by atoms with Crippen LogP contribution >= 0.6 is 0 Å². The maximum atomic E-state index is 12.1. The molecule has 4 heteroatoms. The van der Waals surface area contributed by atoms with Gasteiger partial charge in [-0.1, -0.05) is 30.3 Å². The van der Waals surface area contributed by atoms with Gasteiger partial charge in [0.15, 0.2) is 0 Å². The molecule has 0 N–H and O–H groups in total. The molecule has 0 aliphatic carbocycles. The van der Waals surface area contributed by atoms with E-state index in [0.717, 1.165) is 11.3 Å². The molecule has 0 saturated carbocycles. The van der Waals surface area contributed by atoms with E-state index in [2.05, 4.69) is 0 Å². The number of carbonyl (C=O) groups excluding carboxylic acids is 1. The molecule has 1 amide bonds. The van der Waals surface area contributed by atoms with Crippen LogP contribution in [0, 0.1) is 11.3 Å². The van der Waals surface area contributed by atoms with E-state index in [0.29, 0.717) is 25.1 Å². The zero-order chi connectivity index (χ0) is 15.8. The molecule has 0 aliphatic rings.